The molecule has 0 fully saturated rings. The number of hydrogen-bond donors (Lipinski definition) is 1. The number of nitrogens with zero attached hydrogens (tertiary/aromatic N) is 2. The molecule has 0 aliphatic heterocycles. The Morgan fingerprint density at radius 2 is 1.80 bits per heavy atom. The van der Waals surface area contributed by atoms with Crippen molar-refractivity contribution < 1.29 is 4.74 Å². The van der Waals surface area contributed by atoms with Crippen LogP contribution in [0.25, 0.3) is 11.3 Å². The Balaban J connectivity index is 1.41. The quantitative estimate of drug-likeness (QED) is 0.257. The second-order valence-corrected chi connectivity index (χ2v) is 7.96. The van der Waals surface area contributed by atoms with Crippen LogP contribution in [0.1, 0.15) is 16.7 Å². The average molecular weight is 434 g/mol. The maximum Gasteiger partial charge on any atom is 0.203 e. The SMILES string of the molecule is Cc1ccc(-c2csc(N/N=C\c3ccccc3OCc3ccccc3Cl)n2)cc1. The fourth-order valence-corrected chi connectivity index (χ4v) is 3.69. The van der Waals surface area contributed by atoms with E-state index in [1.54, 1.807) is 6.21 Å². The van der Waals surface area contributed by atoms with Gasteiger partial charge in [-0.15, -0.1) is 11.3 Å². The normalized spacial score (nSPS) is 11.0. The summed E-state index contributed by atoms with van der Waals surface area (Å²) in [6.07, 6.45) is 1.73. The van der Waals surface area contributed by atoms with Crippen molar-refractivity contribution in [3.05, 3.63) is 99.9 Å². The van der Waals surface area contributed by atoms with Crippen molar-refractivity contribution in [3.63, 3.8) is 0 Å². The number of halogens is 1. The molecule has 0 atom stereocenters. The van der Waals surface area contributed by atoms with Crippen LogP contribution in [0.4, 0.5) is 5.13 Å². The maximum atomic E-state index is 6.21. The van der Waals surface area contributed by atoms with Crippen molar-refractivity contribution in [2.24, 2.45) is 5.10 Å². The molecule has 3 aromatic carbocycles. The molecule has 1 heterocycles. The molecular weight excluding hydrogens is 414 g/mol. The van der Waals surface area contributed by atoms with Crippen molar-refractivity contribution in [1.29, 1.82) is 0 Å². The third kappa shape index (κ3) is 5.06. The molecule has 1 aromatic heterocycles. The monoisotopic (exact) mass is 433 g/mol. The molecular formula is C24H20ClN3OS. The molecule has 30 heavy (non-hydrogen) atoms. The molecule has 0 aliphatic carbocycles. The van der Waals surface area contributed by atoms with E-state index in [9.17, 15) is 0 Å². The van der Waals surface area contributed by atoms with E-state index in [0.29, 0.717) is 11.6 Å². The number of hydrogen-bond acceptors (Lipinski definition) is 5. The Bertz CT molecular complexity index is 1160. The molecule has 4 nitrogen and oxygen atoms in total. The third-order valence-electron chi connectivity index (χ3n) is 4.48. The van der Waals surface area contributed by atoms with Crippen LogP contribution in [0.15, 0.2) is 83.3 Å². The first-order valence-corrected chi connectivity index (χ1v) is 10.7. The number of ether oxygens (including phenoxy) is 1. The van der Waals surface area contributed by atoms with E-state index < -0.39 is 0 Å². The van der Waals surface area contributed by atoms with E-state index in [1.165, 1.54) is 16.9 Å². The van der Waals surface area contributed by atoms with Gasteiger partial charge in [0.05, 0.1) is 11.9 Å². The lowest BCUT2D eigenvalue weighted by molar-refractivity contribution is 0.306. The molecule has 0 aliphatic rings. The van der Waals surface area contributed by atoms with Gasteiger partial charge >= 0.3 is 0 Å². The predicted molar refractivity (Wildman–Crippen MR) is 126 cm³/mol. The highest BCUT2D eigenvalue weighted by atomic mass is 35.5. The molecule has 0 bridgehead atoms. The highest BCUT2D eigenvalue weighted by Gasteiger charge is 2.05. The van der Waals surface area contributed by atoms with E-state index >= 15 is 0 Å². The fraction of sp³-hybridized carbons (Fsp3) is 0.0833. The zero-order valence-electron chi connectivity index (χ0n) is 16.4. The van der Waals surface area contributed by atoms with Gasteiger partial charge in [-0.1, -0.05) is 71.8 Å². The lowest BCUT2D eigenvalue weighted by atomic mass is 10.1. The van der Waals surface area contributed by atoms with Gasteiger partial charge < -0.3 is 4.74 Å². The Labute approximate surface area is 184 Å². The minimum absolute atomic E-state index is 0.393. The summed E-state index contributed by atoms with van der Waals surface area (Å²) in [6.45, 7) is 2.47. The summed E-state index contributed by atoms with van der Waals surface area (Å²) >= 11 is 7.73. The first-order chi connectivity index (χ1) is 14.7. The maximum absolute atomic E-state index is 6.21. The first kappa shape index (κ1) is 20.1. The van der Waals surface area contributed by atoms with Gasteiger partial charge in [0, 0.05) is 27.1 Å². The van der Waals surface area contributed by atoms with Crippen LogP contribution in [-0.4, -0.2) is 11.2 Å². The van der Waals surface area contributed by atoms with Crippen molar-refractivity contribution in [1.82, 2.24) is 4.98 Å². The molecule has 4 aromatic rings. The second kappa shape index (κ2) is 9.57. The van der Waals surface area contributed by atoms with Crippen LogP contribution in [0.3, 0.4) is 0 Å². The van der Waals surface area contributed by atoms with Crippen molar-refractivity contribution in [2.75, 3.05) is 5.43 Å². The van der Waals surface area contributed by atoms with Crippen LogP contribution in [0, 0.1) is 6.92 Å². The summed E-state index contributed by atoms with van der Waals surface area (Å²) in [7, 11) is 0. The lowest BCUT2D eigenvalue weighted by Gasteiger charge is -2.10. The minimum atomic E-state index is 0.393. The molecule has 0 radical (unpaired) electrons. The number of nitrogens with one attached hydrogen (secondary N) is 1. The van der Waals surface area contributed by atoms with Gasteiger partial charge in [0.25, 0.3) is 0 Å². The second-order valence-electron chi connectivity index (χ2n) is 6.69. The number of para-hydroxylation sites is 1. The number of aryl methyl sites for hydroxylation is 1. The summed E-state index contributed by atoms with van der Waals surface area (Å²) in [5.74, 6) is 0.738. The number of benzene rings is 3. The summed E-state index contributed by atoms with van der Waals surface area (Å²) in [4.78, 5) is 4.60. The van der Waals surface area contributed by atoms with E-state index in [0.717, 1.165) is 33.3 Å². The zero-order chi connectivity index (χ0) is 20.8. The van der Waals surface area contributed by atoms with Crippen LogP contribution < -0.4 is 10.2 Å². The molecule has 4 rings (SSSR count). The highest BCUT2D eigenvalue weighted by Crippen LogP contribution is 2.25. The molecule has 1 N–H and O–H groups in total. The molecule has 0 spiro atoms. The number of anilines is 1. The minimum Gasteiger partial charge on any atom is -0.488 e. The van der Waals surface area contributed by atoms with E-state index in [2.05, 4.69) is 46.7 Å². The fourth-order valence-electron chi connectivity index (χ4n) is 2.83. The lowest BCUT2D eigenvalue weighted by Crippen LogP contribution is -1.99. The van der Waals surface area contributed by atoms with Crippen LogP contribution in [-0.2, 0) is 6.61 Å². The van der Waals surface area contributed by atoms with Crippen molar-refractivity contribution in [2.45, 2.75) is 13.5 Å². The Hall–Kier alpha value is -3.15. The van der Waals surface area contributed by atoms with Gasteiger partial charge in [-0.25, -0.2) is 4.98 Å². The van der Waals surface area contributed by atoms with Crippen molar-refractivity contribution in [3.8, 4) is 17.0 Å². The molecule has 0 saturated carbocycles. The Morgan fingerprint density at radius 3 is 2.63 bits per heavy atom. The summed E-state index contributed by atoms with van der Waals surface area (Å²) in [5, 5.41) is 7.78. The standard InChI is InChI=1S/C24H20ClN3OS/c1-17-10-12-18(13-11-17)22-16-30-24(27-22)28-26-14-19-6-3-5-9-23(19)29-15-20-7-2-4-8-21(20)25/h2-14,16H,15H2,1H3,(H,27,28)/b26-14-. The van der Waals surface area contributed by atoms with E-state index in [1.807, 2.05) is 53.9 Å². The van der Waals surface area contributed by atoms with Gasteiger partial charge in [0.15, 0.2) is 0 Å². The van der Waals surface area contributed by atoms with Crippen LogP contribution in [0.2, 0.25) is 5.02 Å². The van der Waals surface area contributed by atoms with E-state index in [4.69, 9.17) is 16.3 Å². The predicted octanol–water partition coefficient (Wildman–Crippen LogP) is 6.80. The zero-order valence-corrected chi connectivity index (χ0v) is 18.0. The molecule has 150 valence electrons. The Kier molecular flexibility index (Phi) is 6.42. The number of hydrazone groups is 1. The molecule has 0 unspecified atom stereocenters. The summed E-state index contributed by atoms with van der Waals surface area (Å²) in [5.41, 5.74) is 8.06. The molecule has 0 saturated heterocycles. The number of aromatic nitrogens is 1. The Morgan fingerprint density at radius 1 is 1.03 bits per heavy atom. The largest absolute Gasteiger partial charge is 0.488 e. The van der Waals surface area contributed by atoms with Crippen molar-refractivity contribution >= 4 is 34.3 Å². The topological polar surface area (TPSA) is 46.5 Å². The average Bonchev–Trinajstić information content (AvgIpc) is 3.23. The van der Waals surface area contributed by atoms with Gasteiger partial charge in [0.2, 0.25) is 5.13 Å². The third-order valence-corrected chi connectivity index (χ3v) is 5.59. The first-order valence-electron chi connectivity index (χ1n) is 9.46. The number of thiazole rings is 1. The van der Waals surface area contributed by atoms with Gasteiger partial charge in [0.1, 0.15) is 12.4 Å². The van der Waals surface area contributed by atoms with E-state index in [-0.39, 0.29) is 0 Å². The summed E-state index contributed by atoms with van der Waals surface area (Å²) < 4.78 is 5.96. The smallest absolute Gasteiger partial charge is 0.203 e. The number of rotatable bonds is 7. The molecule has 0 amide bonds. The van der Waals surface area contributed by atoms with Gasteiger partial charge in [-0.05, 0) is 25.1 Å². The van der Waals surface area contributed by atoms with Gasteiger partial charge in [-0.3, -0.25) is 5.43 Å². The van der Waals surface area contributed by atoms with Crippen LogP contribution >= 0.6 is 22.9 Å². The van der Waals surface area contributed by atoms with Crippen LogP contribution in [0.5, 0.6) is 5.75 Å². The highest BCUT2D eigenvalue weighted by molar-refractivity contribution is 7.14. The molecule has 6 heteroatoms. The summed E-state index contributed by atoms with van der Waals surface area (Å²) in [6, 6.07) is 23.7. The van der Waals surface area contributed by atoms with Gasteiger partial charge in [-0.2, -0.15) is 5.10 Å².